The van der Waals surface area contributed by atoms with Gasteiger partial charge < -0.3 is 9.75 Å². The lowest BCUT2D eigenvalue weighted by Gasteiger charge is -2.20. The quantitative estimate of drug-likeness (QED) is 0.636. The van der Waals surface area contributed by atoms with Gasteiger partial charge in [0.05, 0.1) is 5.69 Å². The largest absolute Gasteiger partial charge is 0.489 e. The number of aromatic nitrogens is 1. The van der Waals surface area contributed by atoms with Crippen LogP contribution in [0.5, 0.6) is 5.75 Å². The predicted octanol–water partition coefficient (Wildman–Crippen LogP) is 3.84. The van der Waals surface area contributed by atoms with Crippen molar-refractivity contribution in [2.75, 3.05) is 18.6 Å². The number of hydrogen-bond donors (Lipinski definition) is 1. The van der Waals surface area contributed by atoms with Gasteiger partial charge in [0.15, 0.2) is 0 Å². The smallest absolute Gasteiger partial charge is 0.120 e. The van der Waals surface area contributed by atoms with Crippen molar-refractivity contribution in [3.8, 4) is 5.75 Å². The Labute approximate surface area is 149 Å². The lowest BCUT2D eigenvalue weighted by atomic mass is 10.1. The van der Waals surface area contributed by atoms with E-state index in [1.54, 1.807) is 12.4 Å². The number of nitrogens with zero attached hydrogens (tertiary/aromatic N) is 2. The molecule has 0 aliphatic carbocycles. The average Bonchev–Trinajstić information content (AvgIpc) is 2.68. The molecule has 0 unspecified atom stereocenters. The zero-order valence-corrected chi connectivity index (χ0v) is 14.4. The highest BCUT2D eigenvalue weighted by Gasteiger charge is 2.01. The summed E-state index contributed by atoms with van der Waals surface area (Å²) < 4.78 is 5.89. The maximum Gasteiger partial charge on any atom is 0.120 e. The number of ether oxygens (including phenoxy) is 1. The predicted molar refractivity (Wildman–Crippen MR) is 102 cm³/mol. The summed E-state index contributed by atoms with van der Waals surface area (Å²) in [6.07, 6.45) is 4.51. The van der Waals surface area contributed by atoms with Crippen LogP contribution in [0.25, 0.3) is 0 Å². The summed E-state index contributed by atoms with van der Waals surface area (Å²) in [6.45, 7) is 1.44. The van der Waals surface area contributed by atoms with Gasteiger partial charge in [0, 0.05) is 26.0 Å². The highest BCUT2D eigenvalue weighted by Crippen LogP contribution is 2.15. The molecule has 0 saturated heterocycles. The van der Waals surface area contributed by atoms with E-state index in [0.29, 0.717) is 6.61 Å². The molecule has 0 aliphatic rings. The Morgan fingerprint density at radius 1 is 0.920 bits per heavy atom. The van der Waals surface area contributed by atoms with Gasteiger partial charge in [0.1, 0.15) is 12.4 Å². The molecule has 0 atom stereocenters. The third-order valence-corrected chi connectivity index (χ3v) is 3.96. The summed E-state index contributed by atoms with van der Waals surface area (Å²) in [7, 11) is 2.01. The Morgan fingerprint density at radius 3 is 2.48 bits per heavy atom. The number of benzene rings is 2. The first-order chi connectivity index (χ1) is 12.3. The number of hydrazine groups is 1. The first kappa shape index (κ1) is 17.0. The first-order valence-corrected chi connectivity index (χ1v) is 8.44. The zero-order chi connectivity index (χ0) is 17.3. The molecule has 0 saturated carbocycles. The van der Waals surface area contributed by atoms with Gasteiger partial charge in [-0.2, -0.15) is 0 Å². The maximum absolute atomic E-state index is 5.89. The van der Waals surface area contributed by atoms with Crippen LogP contribution in [0.2, 0.25) is 0 Å². The van der Waals surface area contributed by atoms with Gasteiger partial charge in [-0.25, -0.2) is 5.43 Å². The van der Waals surface area contributed by atoms with Gasteiger partial charge in [-0.3, -0.25) is 4.98 Å². The van der Waals surface area contributed by atoms with Crippen molar-refractivity contribution in [2.24, 2.45) is 0 Å². The van der Waals surface area contributed by atoms with Crippen molar-refractivity contribution in [3.63, 3.8) is 0 Å². The molecule has 3 aromatic rings. The van der Waals surface area contributed by atoms with Crippen molar-refractivity contribution in [2.45, 2.75) is 13.0 Å². The summed E-state index contributed by atoms with van der Waals surface area (Å²) in [5, 5.41) is 2.01. The number of rotatable bonds is 8. The molecule has 1 N–H and O–H groups in total. The van der Waals surface area contributed by atoms with Crippen molar-refractivity contribution in [3.05, 3.63) is 90.3 Å². The van der Waals surface area contributed by atoms with E-state index < -0.39 is 0 Å². The average molecular weight is 333 g/mol. The highest BCUT2D eigenvalue weighted by molar-refractivity contribution is 5.42. The minimum atomic E-state index is 0.591. The maximum atomic E-state index is 5.89. The Balaban J connectivity index is 1.48. The summed E-state index contributed by atoms with van der Waals surface area (Å²) >= 11 is 0. The fraction of sp³-hybridized carbons (Fsp3) is 0.190. The molecule has 25 heavy (non-hydrogen) atoms. The van der Waals surface area contributed by atoms with Gasteiger partial charge in [-0.15, -0.1) is 0 Å². The normalized spacial score (nSPS) is 10.4. The number of anilines is 1. The molecule has 0 aliphatic heterocycles. The second-order valence-electron chi connectivity index (χ2n) is 5.84. The standard InChI is InChI=1S/C21H23N3O/c1-24(20-11-13-22-14-12-20)23-15-10-18-8-5-9-21(16-18)25-17-19-6-3-2-4-7-19/h2-9,11-14,16,23H,10,15,17H2,1H3. The van der Waals surface area contributed by atoms with Crippen LogP contribution in [-0.2, 0) is 13.0 Å². The fourth-order valence-corrected chi connectivity index (χ4v) is 2.56. The van der Waals surface area contributed by atoms with Crippen LogP contribution < -0.4 is 15.2 Å². The minimum absolute atomic E-state index is 0.591. The molecule has 2 aromatic carbocycles. The molecule has 4 heteroatoms. The molecule has 0 spiro atoms. The molecular formula is C21H23N3O. The molecule has 4 nitrogen and oxygen atoms in total. The monoisotopic (exact) mass is 333 g/mol. The van der Waals surface area contributed by atoms with E-state index in [9.17, 15) is 0 Å². The van der Waals surface area contributed by atoms with Gasteiger partial charge in [0.2, 0.25) is 0 Å². The van der Waals surface area contributed by atoms with Crippen LogP contribution in [0, 0.1) is 0 Å². The Morgan fingerprint density at radius 2 is 1.68 bits per heavy atom. The van der Waals surface area contributed by atoms with Crippen LogP contribution >= 0.6 is 0 Å². The lowest BCUT2D eigenvalue weighted by Crippen LogP contribution is -2.35. The van der Waals surface area contributed by atoms with E-state index in [0.717, 1.165) is 24.4 Å². The molecule has 3 rings (SSSR count). The minimum Gasteiger partial charge on any atom is -0.489 e. The van der Waals surface area contributed by atoms with Crippen molar-refractivity contribution < 1.29 is 4.74 Å². The molecule has 0 amide bonds. The first-order valence-electron chi connectivity index (χ1n) is 8.44. The Bertz CT molecular complexity index is 762. The van der Waals surface area contributed by atoms with E-state index in [-0.39, 0.29) is 0 Å². The lowest BCUT2D eigenvalue weighted by molar-refractivity contribution is 0.306. The van der Waals surface area contributed by atoms with Crippen LogP contribution in [-0.4, -0.2) is 18.6 Å². The molecule has 1 aromatic heterocycles. The van der Waals surface area contributed by atoms with Crippen LogP contribution in [0.4, 0.5) is 5.69 Å². The zero-order valence-electron chi connectivity index (χ0n) is 14.4. The van der Waals surface area contributed by atoms with Gasteiger partial charge in [0.25, 0.3) is 0 Å². The van der Waals surface area contributed by atoms with Crippen molar-refractivity contribution >= 4 is 5.69 Å². The SMILES string of the molecule is CN(NCCc1cccc(OCc2ccccc2)c1)c1ccncc1. The molecule has 128 valence electrons. The third kappa shape index (κ3) is 5.33. The summed E-state index contributed by atoms with van der Waals surface area (Å²) in [5.41, 5.74) is 6.91. The molecular weight excluding hydrogens is 310 g/mol. The molecule has 0 radical (unpaired) electrons. The number of nitrogens with one attached hydrogen (secondary N) is 1. The van der Waals surface area contributed by atoms with Crippen LogP contribution in [0.3, 0.4) is 0 Å². The van der Waals surface area contributed by atoms with E-state index in [4.69, 9.17) is 4.74 Å². The fourth-order valence-electron chi connectivity index (χ4n) is 2.56. The molecule has 0 bridgehead atoms. The number of pyridine rings is 1. The summed E-state index contributed by atoms with van der Waals surface area (Å²) in [6, 6.07) is 22.5. The van der Waals surface area contributed by atoms with Crippen molar-refractivity contribution in [1.29, 1.82) is 0 Å². The third-order valence-electron chi connectivity index (χ3n) is 3.96. The van der Waals surface area contributed by atoms with Crippen LogP contribution in [0.1, 0.15) is 11.1 Å². The molecule has 0 fully saturated rings. The van der Waals surface area contributed by atoms with Gasteiger partial charge >= 0.3 is 0 Å². The summed E-state index contributed by atoms with van der Waals surface area (Å²) in [5.74, 6) is 0.906. The topological polar surface area (TPSA) is 37.4 Å². The highest BCUT2D eigenvalue weighted by atomic mass is 16.5. The van der Waals surface area contributed by atoms with Crippen molar-refractivity contribution in [1.82, 2.24) is 10.4 Å². The van der Waals surface area contributed by atoms with E-state index in [1.807, 2.05) is 54.5 Å². The Kier molecular flexibility index (Phi) is 6.01. The van der Waals surface area contributed by atoms with Crippen LogP contribution in [0.15, 0.2) is 79.1 Å². The van der Waals surface area contributed by atoms with E-state index in [1.165, 1.54) is 11.1 Å². The number of hydrogen-bond acceptors (Lipinski definition) is 4. The van der Waals surface area contributed by atoms with Gasteiger partial charge in [-0.05, 0) is 41.8 Å². The second-order valence-corrected chi connectivity index (χ2v) is 5.84. The summed E-state index contributed by atoms with van der Waals surface area (Å²) in [4.78, 5) is 4.04. The van der Waals surface area contributed by atoms with Gasteiger partial charge in [-0.1, -0.05) is 42.5 Å². The Hall–Kier alpha value is -2.85. The van der Waals surface area contributed by atoms with E-state index in [2.05, 4.69) is 34.7 Å². The second kappa shape index (κ2) is 8.85. The molecule has 1 heterocycles. The van der Waals surface area contributed by atoms with E-state index >= 15 is 0 Å².